The number of rotatable bonds is 9. The summed E-state index contributed by atoms with van der Waals surface area (Å²) >= 11 is 0. The molecule has 6 nitrogen and oxygen atoms in total. The third-order valence-electron chi connectivity index (χ3n) is 7.42. The Hall–Kier alpha value is -0.850. The van der Waals surface area contributed by atoms with Gasteiger partial charge in [0.25, 0.3) is 0 Å². The molecular weight excluding hydrogens is 376 g/mol. The molecule has 0 aromatic rings. The lowest BCUT2D eigenvalue weighted by atomic mass is 9.93. The molecule has 3 aliphatic rings. The Kier molecular flexibility index (Phi) is 10.2. The first kappa shape index (κ1) is 23.8. The fourth-order valence-electron chi connectivity index (χ4n) is 5.44. The van der Waals surface area contributed by atoms with Crippen molar-refractivity contribution >= 4 is 5.96 Å². The summed E-state index contributed by atoms with van der Waals surface area (Å²) in [5.74, 6) is 1.83. The first-order valence-electron chi connectivity index (χ1n) is 12.7. The summed E-state index contributed by atoms with van der Waals surface area (Å²) in [5.41, 5.74) is 0. The smallest absolute Gasteiger partial charge is 0.193 e. The van der Waals surface area contributed by atoms with Crippen molar-refractivity contribution in [2.75, 3.05) is 53.0 Å². The first-order chi connectivity index (χ1) is 14.7. The van der Waals surface area contributed by atoms with Crippen molar-refractivity contribution in [3.05, 3.63) is 0 Å². The van der Waals surface area contributed by atoms with Gasteiger partial charge in [-0.3, -0.25) is 9.89 Å². The normalized spacial score (nSPS) is 25.8. The molecule has 30 heavy (non-hydrogen) atoms. The Bertz CT molecular complexity index is 489. The van der Waals surface area contributed by atoms with Crippen LogP contribution in [0.3, 0.4) is 0 Å². The minimum absolute atomic E-state index is 0.318. The molecule has 0 saturated carbocycles. The maximum atomic E-state index is 6.19. The molecule has 6 heteroatoms. The summed E-state index contributed by atoms with van der Waals surface area (Å²) in [7, 11) is 1.92. The second-order valence-electron chi connectivity index (χ2n) is 9.32. The van der Waals surface area contributed by atoms with E-state index in [9.17, 15) is 0 Å². The van der Waals surface area contributed by atoms with Gasteiger partial charge < -0.3 is 19.7 Å². The summed E-state index contributed by atoms with van der Waals surface area (Å²) in [4.78, 5) is 9.75. The average Bonchev–Trinajstić information content (AvgIpc) is 3.33. The monoisotopic (exact) mass is 422 g/mol. The Balaban J connectivity index is 1.43. The van der Waals surface area contributed by atoms with Gasteiger partial charge in [0.2, 0.25) is 0 Å². The van der Waals surface area contributed by atoms with E-state index in [4.69, 9.17) is 9.47 Å². The minimum Gasteiger partial charge on any atom is -0.376 e. The molecule has 3 fully saturated rings. The van der Waals surface area contributed by atoms with E-state index in [-0.39, 0.29) is 0 Å². The lowest BCUT2D eigenvalue weighted by Crippen LogP contribution is -2.52. The lowest BCUT2D eigenvalue weighted by Gasteiger charge is -2.37. The molecule has 2 unspecified atom stereocenters. The summed E-state index contributed by atoms with van der Waals surface area (Å²) < 4.78 is 12.0. The number of nitrogens with one attached hydrogen (secondary N) is 1. The van der Waals surface area contributed by atoms with E-state index >= 15 is 0 Å². The zero-order chi connectivity index (χ0) is 21.2. The predicted molar refractivity (Wildman–Crippen MR) is 124 cm³/mol. The SMILES string of the molecule is CCC(CC)C(CNC(=NC)N1CCC(OCC2CCCCO2)CC1)N1CCCC1. The van der Waals surface area contributed by atoms with Gasteiger partial charge in [-0.15, -0.1) is 0 Å². The Labute approximate surface area is 184 Å². The van der Waals surface area contributed by atoms with Crippen LogP contribution in [0.4, 0.5) is 0 Å². The van der Waals surface area contributed by atoms with Crippen molar-refractivity contribution in [1.29, 1.82) is 0 Å². The lowest BCUT2D eigenvalue weighted by molar-refractivity contribution is -0.0721. The molecule has 0 aromatic heterocycles. The number of likely N-dealkylation sites (tertiary alicyclic amines) is 2. The van der Waals surface area contributed by atoms with E-state index in [1.54, 1.807) is 0 Å². The number of hydrogen-bond donors (Lipinski definition) is 1. The summed E-state index contributed by atoms with van der Waals surface area (Å²) in [6.07, 6.45) is 11.7. The van der Waals surface area contributed by atoms with Gasteiger partial charge in [0.1, 0.15) is 0 Å². The van der Waals surface area contributed by atoms with E-state index in [0.29, 0.717) is 18.2 Å². The fraction of sp³-hybridized carbons (Fsp3) is 0.958. The summed E-state index contributed by atoms with van der Waals surface area (Å²) in [5, 5.41) is 3.74. The number of piperidine rings is 1. The largest absolute Gasteiger partial charge is 0.376 e. The third-order valence-corrected chi connectivity index (χ3v) is 7.42. The predicted octanol–water partition coefficient (Wildman–Crippen LogP) is 3.51. The molecule has 1 N–H and O–H groups in total. The molecular formula is C24H46N4O2. The highest BCUT2D eigenvalue weighted by molar-refractivity contribution is 5.80. The van der Waals surface area contributed by atoms with E-state index in [1.165, 1.54) is 51.6 Å². The number of aliphatic imine (C=N–C) groups is 1. The maximum absolute atomic E-state index is 6.19. The van der Waals surface area contributed by atoms with Crippen LogP contribution in [0.15, 0.2) is 4.99 Å². The van der Waals surface area contributed by atoms with Crippen LogP contribution in [0.2, 0.25) is 0 Å². The second kappa shape index (κ2) is 12.9. The highest BCUT2D eigenvalue weighted by atomic mass is 16.5. The highest BCUT2D eigenvalue weighted by Gasteiger charge is 2.29. The van der Waals surface area contributed by atoms with Crippen LogP contribution in [0.5, 0.6) is 0 Å². The van der Waals surface area contributed by atoms with E-state index in [0.717, 1.165) is 64.0 Å². The van der Waals surface area contributed by atoms with Gasteiger partial charge in [0.15, 0.2) is 5.96 Å². The zero-order valence-electron chi connectivity index (χ0n) is 19.8. The van der Waals surface area contributed by atoms with Gasteiger partial charge in [-0.05, 0) is 64.0 Å². The van der Waals surface area contributed by atoms with Gasteiger partial charge in [-0.2, -0.15) is 0 Å². The average molecular weight is 423 g/mol. The molecule has 3 heterocycles. The van der Waals surface area contributed by atoms with Crippen molar-refractivity contribution in [3.63, 3.8) is 0 Å². The van der Waals surface area contributed by atoms with Crippen LogP contribution < -0.4 is 5.32 Å². The van der Waals surface area contributed by atoms with Crippen LogP contribution in [-0.4, -0.2) is 87.0 Å². The Morgan fingerprint density at radius 1 is 1.03 bits per heavy atom. The van der Waals surface area contributed by atoms with E-state index < -0.39 is 0 Å². The Morgan fingerprint density at radius 3 is 2.37 bits per heavy atom. The fourth-order valence-corrected chi connectivity index (χ4v) is 5.44. The molecule has 174 valence electrons. The molecule has 2 atom stereocenters. The van der Waals surface area contributed by atoms with Gasteiger partial charge in [-0.1, -0.05) is 26.7 Å². The molecule has 0 spiro atoms. The molecule has 0 aliphatic carbocycles. The second-order valence-corrected chi connectivity index (χ2v) is 9.32. The molecule has 0 amide bonds. The van der Waals surface area contributed by atoms with Gasteiger partial charge in [-0.25, -0.2) is 0 Å². The van der Waals surface area contributed by atoms with E-state index in [1.807, 2.05) is 7.05 Å². The standard InChI is InChI=1S/C24H46N4O2/c1-4-20(5-2)23(27-13-7-8-14-27)18-26-24(25-3)28-15-11-21(12-16-28)30-19-22-10-6-9-17-29-22/h20-23H,4-19H2,1-3H3,(H,25,26). The number of hydrogen-bond acceptors (Lipinski definition) is 4. The van der Waals surface area contributed by atoms with Gasteiger partial charge in [0.05, 0.1) is 18.8 Å². The quantitative estimate of drug-likeness (QED) is 0.455. The number of ether oxygens (including phenoxy) is 2. The Morgan fingerprint density at radius 2 is 1.77 bits per heavy atom. The molecule has 0 bridgehead atoms. The van der Waals surface area contributed by atoms with Gasteiger partial charge in [0, 0.05) is 39.3 Å². The summed E-state index contributed by atoms with van der Waals surface area (Å²) in [6, 6.07) is 0.621. The van der Waals surface area contributed by atoms with Crippen molar-refractivity contribution in [2.24, 2.45) is 10.9 Å². The van der Waals surface area contributed by atoms with Crippen LogP contribution in [0, 0.1) is 5.92 Å². The topological polar surface area (TPSA) is 49.3 Å². The first-order valence-corrected chi connectivity index (χ1v) is 12.7. The van der Waals surface area contributed by atoms with Crippen molar-refractivity contribution in [3.8, 4) is 0 Å². The molecule has 3 rings (SSSR count). The molecule has 3 saturated heterocycles. The van der Waals surface area contributed by atoms with Crippen LogP contribution in [0.1, 0.15) is 71.6 Å². The third kappa shape index (κ3) is 6.83. The van der Waals surface area contributed by atoms with Crippen molar-refractivity contribution in [1.82, 2.24) is 15.1 Å². The summed E-state index contributed by atoms with van der Waals surface area (Å²) in [6.45, 7) is 11.9. The number of guanidine groups is 1. The van der Waals surface area contributed by atoms with Crippen molar-refractivity contribution in [2.45, 2.75) is 89.9 Å². The van der Waals surface area contributed by atoms with Crippen molar-refractivity contribution < 1.29 is 9.47 Å². The highest BCUT2D eigenvalue weighted by Crippen LogP contribution is 2.23. The molecule has 0 aromatic carbocycles. The molecule has 3 aliphatic heterocycles. The number of nitrogens with zero attached hydrogens (tertiary/aromatic N) is 3. The van der Waals surface area contributed by atoms with Gasteiger partial charge >= 0.3 is 0 Å². The van der Waals surface area contributed by atoms with E-state index in [2.05, 4.69) is 34.0 Å². The maximum Gasteiger partial charge on any atom is 0.193 e. The van der Waals surface area contributed by atoms with Crippen LogP contribution in [0.25, 0.3) is 0 Å². The zero-order valence-corrected chi connectivity index (χ0v) is 19.8. The molecule has 0 radical (unpaired) electrons. The van der Waals surface area contributed by atoms with Crippen LogP contribution in [-0.2, 0) is 9.47 Å². The van der Waals surface area contributed by atoms with Crippen LogP contribution >= 0.6 is 0 Å². The minimum atomic E-state index is 0.318.